The molecule has 5 nitrogen and oxygen atoms in total. The lowest BCUT2D eigenvalue weighted by Gasteiger charge is -2.49. The van der Waals surface area contributed by atoms with Crippen LogP contribution >= 0.6 is 23.2 Å². The summed E-state index contributed by atoms with van der Waals surface area (Å²) >= 11 is 13.2. The third-order valence-corrected chi connectivity index (χ3v) is 17.1. The summed E-state index contributed by atoms with van der Waals surface area (Å²) in [5.41, 5.74) is 0.806. The Bertz CT molecular complexity index is 1430. The first kappa shape index (κ1) is 35.2. The van der Waals surface area contributed by atoms with Gasteiger partial charge in [0.1, 0.15) is 5.75 Å². The van der Waals surface area contributed by atoms with Crippen molar-refractivity contribution in [2.24, 2.45) is 5.92 Å². The molecule has 3 aromatic rings. The molecule has 0 aromatic heterocycles. The Morgan fingerprint density at radius 1 is 0.891 bits per heavy atom. The van der Waals surface area contributed by atoms with E-state index < -0.39 is 16.4 Å². The Balaban J connectivity index is 1.24. The van der Waals surface area contributed by atoms with Crippen LogP contribution in [-0.4, -0.2) is 59.8 Å². The van der Waals surface area contributed by atoms with E-state index in [9.17, 15) is 4.79 Å². The van der Waals surface area contributed by atoms with Gasteiger partial charge in [0.15, 0.2) is 6.79 Å². The molecule has 1 saturated heterocycles. The molecule has 0 unspecified atom stereocenters. The van der Waals surface area contributed by atoms with E-state index in [0.29, 0.717) is 41.3 Å². The number of carbonyl (C=O) groups is 1. The van der Waals surface area contributed by atoms with Gasteiger partial charge in [-0.3, -0.25) is 4.79 Å². The van der Waals surface area contributed by atoms with Gasteiger partial charge in [-0.25, -0.2) is 0 Å². The lowest BCUT2D eigenvalue weighted by atomic mass is 9.82. The Morgan fingerprint density at radius 2 is 1.50 bits per heavy atom. The van der Waals surface area contributed by atoms with Crippen molar-refractivity contribution in [3.63, 3.8) is 0 Å². The Hall–Kier alpha value is -2.14. The van der Waals surface area contributed by atoms with Gasteiger partial charge < -0.3 is 18.8 Å². The summed E-state index contributed by atoms with van der Waals surface area (Å²) in [4.78, 5) is 15.3. The SMILES string of the molecule is CC(C)(C)[Si](OC1CC(CN2C[C@@H](c3c(OCOCC[Si](C)(C)C)ccc(Cl)c3Cl)CC2=O)C1)(c1ccccc1)c1ccccc1. The van der Waals surface area contributed by atoms with E-state index in [2.05, 4.69) is 101 Å². The summed E-state index contributed by atoms with van der Waals surface area (Å²) < 4.78 is 19.2. The van der Waals surface area contributed by atoms with Crippen LogP contribution in [0.25, 0.3) is 0 Å². The lowest BCUT2D eigenvalue weighted by Crippen LogP contribution is -2.68. The number of carbonyl (C=O) groups excluding carboxylic acids is 1. The van der Waals surface area contributed by atoms with Crippen LogP contribution in [0.4, 0.5) is 0 Å². The zero-order valence-corrected chi connectivity index (χ0v) is 31.7. The van der Waals surface area contributed by atoms with Crippen LogP contribution in [0.5, 0.6) is 5.75 Å². The molecule has 9 heteroatoms. The summed E-state index contributed by atoms with van der Waals surface area (Å²) in [6.07, 6.45) is 2.44. The van der Waals surface area contributed by atoms with Crippen LogP contribution in [0, 0.1) is 5.92 Å². The maximum Gasteiger partial charge on any atom is 0.261 e. The average molecular weight is 699 g/mol. The van der Waals surface area contributed by atoms with Gasteiger partial charge in [0.25, 0.3) is 8.32 Å². The minimum Gasteiger partial charge on any atom is -0.467 e. The first-order valence-corrected chi connectivity index (χ1v) is 22.9. The summed E-state index contributed by atoms with van der Waals surface area (Å²) in [7, 11) is -3.79. The number of benzene rings is 3. The van der Waals surface area contributed by atoms with Gasteiger partial charge in [-0.2, -0.15) is 0 Å². The third kappa shape index (κ3) is 7.93. The van der Waals surface area contributed by atoms with Crippen LogP contribution in [0.3, 0.4) is 0 Å². The average Bonchev–Trinajstić information content (AvgIpc) is 3.34. The first-order chi connectivity index (χ1) is 21.8. The van der Waals surface area contributed by atoms with Crippen molar-refractivity contribution in [1.29, 1.82) is 0 Å². The van der Waals surface area contributed by atoms with Crippen molar-refractivity contribution in [3.05, 3.63) is 88.4 Å². The first-order valence-electron chi connectivity index (χ1n) is 16.5. The molecule has 2 fully saturated rings. The molecule has 3 aromatic carbocycles. The highest BCUT2D eigenvalue weighted by Crippen LogP contribution is 2.45. The van der Waals surface area contributed by atoms with Crippen molar-refractivity contribution in [2.45, 2.75) is 82.8 Å². The molecule has 1 atom stereocenters. The van der Waals surface area contributed by atoms with Crippen LogP contribution in [0.1, 0.15) is 51.5 Å². The van der Waals surface area contributed by atoms with Crippen molar-refractivity contribution in [1.82, 2.24) is 4.90 Å². The molecule has 1 saturated carbocycles. The van der Waals surface area contributed by atoms with Gasteiger partial charge in [-0.15, -0.1) is 0 Å². The molecule has 1 aliphatic heterocycles. The molecule has 0 N–H and O–H groups in total. The topological polar surface area (TPSA) is 48.0 Å². The number of nitrogens with zero attached hydrogens (tertiary/aromatic N) is 1. The number of hydrogen-bond donors (Lipinski definition) is 0. The predicted octanol–water partition coefficient (Wildman–Crippen LogP) is 8.36. The van der Waals surface area contributed by atoms with Gasteiger partial charge in [0.05, 0.1) is 10.0 Å². The van der Waals surface area contributed by atoms with Crippen molar-refractivity contribution in [2.75, 3.05) is 26.5 Å². The minimum absolute atomic E-state index is 0.0612. The number of likely N-dealkylation sites (tertiary alicyclic amines) is 1. The fourth-order valence-corrected chi connectivity index (χ4v) is 12.9. The second-order valence-electron chi connectivity index (χ2n) is 15.2. The fourth-order valence-electron chi connectivity index (χ4n) is 6.91. The largest absolute Gasteiger partial charge is 0.467 e. The van der Waals surface area contributed by atoms with E-state index in [-0.39, 0.29) is 29.8 Å². The fraction of sp³-hybridized carbons (Fsp3) is 0.486. The summed E-state index contributed by atoms with van der Waals surface area (Å²) in [5, 5.41) is 3.47. The molecule has 1 amide bonds. The van der Waals surface area contributed by atoms with Gasteiger partial charge in [-0.1, -0.05) is 124 Å². The van der Waals surface area contributed by atoms with E-state index in [1.807, 2.05) is 11.0 Å². The number of rotatable bonds is 13. The highest BCUT2D eigenvalue weighted by molar-refractivity contribution is 6.99. The number of halogens is 2. The Labute approximate surface area is 287 Å². The molecular weight excluding hydrogens is 649 g/mol. The minimum atomic E-state index is -2.60. The van der Waals surface area contributed by atoms with E-state index in [1.165, 1.54) is 10.4 Å². The van der Waals surface area contributed by atoms with Gasteiger partial charge in [0, 0.05) is 51.8 Å². The number of hydrogen-bond acceptors (Lipinski definition) is 4. The Morgan fingerprint density at radius 3 is 2.07 bits per heavy atom. The smallest absolute Gasteiger partial charge is 0.261 e. The zero-order valence-electron chi connectivity index (χ0n) is 28.2. The second kappa shape index (κ2) is 14.5. The van der Waals surface area contributed by atoms with E-state index in [4.69, 9.17) is 37.1 Å². The van der Waals surface area contributed by atoms with Crippen LogP contribution in [0.15, 0.2) is 72.8 Å². The number of amides is 1. The van der Waals surface area contributed by atoms with Crippen molar-refractivity contribution < 1.29 is 18.7 Å². The molecule has 1 aliphatic carbocycles. The van der Waals surface area contributed by atoms with Crippen molar-refractivity contribution in [3.8, 4) is 5.75 Å². The zero-order chi connectivity index (χ0) is 33.1. The molecular formula is C37H49Cl2NO4Si2. The van der Waals surface area contributed by atoms with E-state index >= 15 is 0 Å². The lowest BCUT2D eigenvalue weighted by molar-refractivity contribution is -0.129. The normalized spacial score (nSPS) is 20.6. The van der Waals surface area contributed by atoms with Crippen LogP contribution in [0.2, 0.25) is 40.8 Å². The second-order valence-corrected chi connectivity index (χ2v) is 25.9. The molecule has 5 rings (SSSR count). The highest BCUT2D eigenvalue weighted by atomic mass is 35.5. The quantitative estimate of drug-likeness (QED) is 0.102. The highest BCUT2D eigenvalue weighted by Gasteiger charge is 2.53. The predicted molar refractivity (Wildman–Crippen MR) is 195 cm³/mol. The molecule has 46 heavy (non-hydrogen) atoms. The van der Waals surface area contributed by atoms with E-state index in [1.54, 1.807) is 6.07 Å². The number of ether oxygens (including phenoxy) is 2. The molecule has 0 radical (unpaired) electrons. The molecule has 248 valence electrons. The van der Waals surface area contributed by atoms with Crippen LogP contribution in [-0.2, 0) is 14.0 Å². The maximum atomic E-state index is 13.3. The summed E-state index contributed by atoms with van der Waals surface area (Å²) in [6, 6.07) is 26.3. The molecule has 0 bridgehead atoms. The van der Waals surface area contributed by atoms with Crippen LogP contribution < -0.4 is 15.1 Å². The van der Waals surface area contributed by atoms with Gasteiger partial charge in [-0.05, 0) is 52.3 Å². The van der Waals surface area contributed by atoms with E-state index in [0.717, 1.165) is 31.0 Å². The standard InChI is InChI=1S/C37H49Cl2NO4Si2/c1-37(2,3)46(30-13-9-7-10-14-30,31-15-11-8-12-16-31)44-29-21-27(22-29)24-40-25-28(23-34(40)41)35-33(18-17-32(38)36(35)39)43-26-42-19-20-45(4,5)6/h7-18,27-29H,19-26H2,1-6H3/t27?,28-,29?/m0/s1. The molecule has 1 heterocycles. The summed E-state index contributed by atoms with van der Waals surface area (Å²) in [5.74, 6) is 1.11. The Kier molecular flexibility index (Phi) is 11.1. The summed E-state index contributed by atoms with van der Waals surface area (Å²) in [6.45, 7) is 16.1. The maximum absolute atomic E-state index is 13.3. The molecule has 0 spiro atoms. The van der Waals surface area contributed by atoms with Gasteiger partial charge >= 0.3 is 0 Å². The monoisotopic (exact) mass is 697 g/mol. The van der Waals surface area contributed by atoms with Gasteiger partial charge in [0.2, 0.25) is 5.91 Å². The van der Waals surface area contributed by atoms with Crippen molar-refractivity contribution >= 4 is 55.9 Å². The molecule has 2 aliphatic rings. The third-order valence-electron chi connectivity index (χ3n) is 9.44.